The van der Waals surface area contributed by atoms with E-state index in [2.05, 4.69) is 4.98 Å². The van der Waals surface area contributed by atoms with Crippen LogP contribution in [0.1, 0.15) is 24.2 Å². The van der Waals surface area contributed by atoms with Crippen molar-refractivity contribution in [3.63, 3.8) is 0 Å². The maximum atomic E-state index is 12.4. The van der Waals surface area contributed by atoms with Gasteiger partial charge in [0.25, 0.3) is 0 Å². The monoisotopic (exact) mass is 267 g/mol. The molecule has 0 aliphatic rings. The van der Waals surface area contributed by atoms with Crippen molar-refractivity contribution in [3.05, 3.63) is 53.7 Å². The molecule has 1 aromatic carbocycles. The summed E-state index contributed by atoms with van der Waals surface area (Å²) in [5.41, 5.74) is 1.15. The molecule has 1 N–H and O–H groups in total. The lowest BCUT2D eigenvalue weighted by molar-refractivity contribution is -0.137. The van der Waals surface area contributed by atoms with E-state index in [1.165, 1.54) is 18.3 Å². The first kappa shape index (κ1) is 13.5. The van der Waals surface area contributed by atoms with Gasteiger partial charge in [-0.1, -0.05) is 18.2 Å². The number of pyridine rings is 1. The van der Waals surface area contributed by atoms with Crippen LogP contribution in [0.5, 0.6) is 0 Å². The lowest BCUT2D eigenvalue weighted by atomic mass is 10.1. The highest BCUT2D eigenvalue weighted by Gasteiger charge is 2.29. The molecule has 0 saturated carbocycles. The molecule has 19 heavy (non-hydrogen) atoms. The summed E-state index contributed by atoms with van der Waals surface area (Å²) in [6.45, 7) is 1.62. The molecule has 0 radical (unpaired) electrons. The molecule has 1 unspecified atom stereocenters. The number of benzene rings is 1. The summed E-state index contributed by atoms with van der Waals surface area (Å²) in [7, 11) is 0. The lowest BCUT2D eigenvalue weighted by Crippen LogP contribution is -2.04. The van der Waals surface area contributed by atoms with Crippen LogP contribution in [0.2, 0.25) is 0 Å². The minimum atomic E-state index is -4.33. The van der Waals surface area contributed by atoms with E-state index in [4.69, 9.17) is 0 Å². The molecule has 1 aromatic heterocycles. The van der Waals surface area contributed by atoms with Crippen LogP contribution in [0.4, 0.5) is 13.2 Å². The van der Waals surface area contributed by atoms with Crippen LogP contribution in [0.15, 0.2) is 42.6 Å². The molecule has 0 aliphatic carbocycles. The van der Waals surface area contributed by atoms with Gasteiger partial charge in [0.2, 0.25) is 0 Å². The minimum absolute atomic E-state index is 0.568. The molecule has 0 aliphatic heterocycles. The molecule has 0 amide bonds. The number of nitrogens with zero attached hydrogens (tertiary/aromatic N) is 1. The third-order valence-electron chi connectivity index (χ3n) is 2.78. The quantitative estimate of drug-likeness (QED) is 0.897. The van der Waals surface area contributed by atoms with Gasteiger partial charge in [0.05, 0.1) is 17.4 Å². The van der Waals surface area contributed by atoms with Crippen molar-refractivity contribution < 1.29 is 18.3 Å². The van der Waals surface area contributed by atoms with E-state index < -0.39 is 17.8 Å². The Morgan fingerprint density at radius 1 is 1.05 bits per heavy atom. The van der Waals surface area contributed by atoms with E-state index in [1.807, 2.05) is 0 Å². The first-order valence-corrected chi connectivity index (χ1v) is 5.69. The normalized spacial score (nSPS) is 13.3. The number of hydrogen-bond acceptors (Lipinski definition) is 2. The fourth-order valence-corrected chi connectivity index (χ4v) is 1.65. The van der Waals surface area contributed by atoms with Crippen molar-refractivity contribution in [2.24, 2.45) is 0 Å². The summed E-state index contributed by atoms with van der Waals surface area (Å²) >= 11 is 0. The van der Waals surface area contributed by atoms with Gasteiger partial charge in [-0.15, -0.1) is 0 Å². The maximum Gasteiger partial charge on any atom is 0.416 e. The molecule has 2 aromatic rings. The zero-order valence-electron chi connectivity index (χ0n) is 10.1. The van der Waals surface area contributed by atoms with Crippen LogP contribution >= 0.6 is 0 Å². The molecule has 0 bridgehead atoms. The minimum Gasteiger partial charge on any atom is -0.389 e. The Morgan fingerprint density at radius 3 is 2.11 bits per heavy atom. The first-order valence-electron chi connectivity index (χ1n) is 5.69. The van der Waals surface area contributed by atoms with E-state index in [0.29, 0.717) is 16.8 Å². The maximum absolute atomic E-state index is 12.4. The summed E-state index contributed by atoms with van der Waals surface area (Å²) in [6.07, 6.45) is -3.44. The highest BCUT2D eigenvalue weighted by atomic mass is 19.4. The third kappa shape index (κ3) is 3.12. The molecule has 2 rings (SSSR count). The standard InChI is InChI=1S/C14H12F3NO/c1-9(19)11-4-7-13(18-8-11)10-2-5-12(6-3-10)14(15,16)17/h2-9,19H,1H3. The predicted molar refractivity (Wildman–Crippen MR) is 65.3 cm³/mol. The zero-order chi connectivity index (χ0) is 14.0. The zero-order valence-corrected chi connectivity index (χ0v) is 10.1. The Hall–Kier alpha value is -1.88. The van der Waals surface area contributed by atoms with Gasteiger partial charge < -0.3 is 5.11 Å². The average molecular weight is 267 g/mol. The molecule has 0 saturated heterocycles. The second kappa shape index (κ2) is 5.01. The topological polar surface area (TPSA) is 33.1 Å². The molecule has 100 valence electrons. The van der Waals surface area contributed by atoms with Crippen molar-refractivity contribution >= 4 is 0 Å². The first-order chi connectivity index (χ1) is 8.88. The fourth-order valence-electron chi connectivity index (χ4n) is 1.65. The van der Waals surface area contributed by atoms with Crippen molar-refractivity contribution in [3.8, 4) is 11.3 Å². The molecule has 1 heterocycles. The Morgan fingerprint density at radius 2 is 1.68 bits per heavy atom. The van der Waals surface area contributed by atoms with Gasteiger partial charge in [-0.2, -0.15) is 13.2 Å². The van der Waals surface area contributed by atoms with Gasteiger partial charge in [0, 0.05) is 11.8 Å². The van der Waals surface area contributed by atoms with Crippen LogP contribution in [0.3, 0.4) is 0 Å². The smallest absolute Gasteiger partial charge is 0.389 e. The van der Waals surface area contributed by atoms with Crippen molar-refractivity contribution in [2.75, 3.05) is 0 Å². The summed E-state index contributed by atoms with van der Waals surface area (Å²) < 4.78 is 37.3. The molecular formula is C14H12F3NO. The number of aliphatic hydroxyl groups is 1. The van der Waals surface area contributed by atoms with E-state index in [0.717, 1.165) is 12.1 Å². The van der Waals surface area contributed by atoms with Gasteiger partial charge in [0.15, 0.2) is 0 Å². The van der Waals surface area contributed by atoms with E-state index in [-0.39, 0.29) is 0 Å². The van der Waals surface area contributed by atoms with Gasteiger partial charge in [-0.05, 0) is 30.7 Å². The number of aromatic nitrogens is 1. The SMILES string of the molecule is CC(O)c1ccc(-c2ccc(C(F)(F)F)cc2)nc1. The largest absolute Gasteiger partial charge is 0.416 e. The summed E-state index contributed by atoms with van der Waals surface area (Å²) in [6, 6.07) is 8.19. The number of halogens is 3. The fraction of sp³-hybridized carbons (Fsp3) is 0.214. The van der Waals surface area contributed by atoms with E-state index >= 15 is 0 Å². The van der Waals surface area contributed by atoms with E-state index in [1.54, 1.807) is 19.1 Å². The number of aliphatic hydroxyl groups excluding tert-OH is 1. The van der Waals surface area contributed by atoms with Crippen molar-refractivity contribution in [1.82, 2.24) is 4.98 Å². The predicted octanol–water partition coefficient (Wildman–Crippen LogP) is 3.82. The Kier molecular flexibility index (Phi) is 3.57. The molecule has 1 atom stereocenters. The van der Waals surface area contributed by atoms with Crippen LogP contribution in [-0.4, -0.2) is 10.1 Å². The summed E-state index contributed by atoms with van der Waals surface area (Å²) in [5.74, 6) is 0. The number of rotatable bonds is 2. The highest BCUT2D eigenvalue weighted by molar-refractivity contribution is 5.59. The molecule has 2 nitrogen and oxygen atoms in total. The Labute approximate surface area is 108 Å². The summed E-state index contributed by atoms with van der Waals surface area (Å²) in [5, 5.41) is 9.35. The van der Waals surface area contributed by atoms with Crippen molar-refractivity contribution in [2.45, 2.75) is 19.2 Å². The second-order valence-electron chi connectivity index (χ2n) is 4.23. The molecular weight excluding hydrogens is 255 g/mol. The van der Waals surface area contributed by atoms with E-state index in [9.17, 15) is 18.3 Å². The molecule has 0 spiro atoms. The van der Waals surface area contributed by atoms with Gasteiger partial charge in [0.1, 0.15) is 0 Å². The number of alkyl halides is 3. The Balaban J connectivity index is 2.27. The van der Waals surface area contributed by atoms with Gasteiger partial charge >= 0.3 is 6.18 Å². The van der Waals surface area contributed by atoms with Gasteiger partial charge in [-0.3, -0.25) is 4.98 Å². The highest BCUT2D eigenvalue weighted by Crippen LogP contribution is 2.30. The van der Waals surface area contributed by atoms with Crippen LogP contribution in [0, 0.1) is 0 Å². The van der Waals surface area contributed by atoms with Gasteiger partial charge in [-0.25, -0.2) is 0 Å². The van der Waals surface area contributed by atoms with Crippen LogP contribution in [0.25, 0.3) is 11.3 Å². The molecule has 0 fully saturated rings. The average Bonchev–Trinajstić information content (AvgIpc) is 2.38. The number of hydrogen-bond donors (Lipinski definition) is 1. The van der Waals surface area contributed by atoms with Crippen LogP contribution < -0.4 is 0 Å². The Bertz CT molecular complexity index is 544. The molecule has 5 heteroatoms. The van der Waals surface area contributed by atoms with Crippen molar-refractivity contribution in [1.29, 1.82) is 0 Å². The summed E-state index contributed by atoms with van der Waals surface area (Å²) in [4.78, 5) is 4.12. The lowest BCUT2D eigenvalue weighted by Gasteiger charge is -2.08. The third-order valence-corrected chi connectivity index (χ3v) is 2.78. The van der Waals surface area contributed by atoms with Crippen LogP contribution in [-0.2, 0) is 6.18 Å². The second-order valence-corrected chi connectivity index (χ2v) is 4.23.